The number of carbonyl (C=O) groups is 1. The molecule has 4 rings (SSSR count). The van der Waals surface area contributed by atoms with Gasteiger partial charge < -0.3 is 16.4 Å². The Hall–Kier alpha value is -2.25. The van der Waals surface area contributed by atoms with Crippen molar-refractivity contribution in [1.29, 1.82) is 0 Å². The van der Waals surface area contributed by atoms with Gasteiger partial charge in [-0.2, -0.15) is 5.10 Å². The second-order valence-corrected chi connectivity index (χ2v) is 7.44. The molecule has 4 unspecified atom stereocenters. The van der Waals surface area contributed by atoms with E-state index in [2.05, 4.69) is 15.7 Å². The molecule has 1 aromatic carbocycles. The molecule has 1 aliphatic heterocycles. The first-order valence-electron chi connectivity index (χ1n) is 9.09. The van der Waals surface area contributed by atoms with E-state index in [0.29, 0.717) is 17.5 Å². The van der Waals surface area contributed by atoms with Gasteiger partial charge in [0.2, 0.25) is 5.91 Å². The van der Waals surface area contributed by atoms with Crippen molar-refractivity contribution in [3.63, 3.8) is 0 Å². The number of aromatic nitrogens is 2. The molecule has 1 aliphatic carbocycles. The minimum absolute atomic E-state index is 0.0721. The van der Waals surface area contributed by atoms with E-state index in [1.807, 2.05) is 19.3 Å². The quantitative estimate of drug-likeness (QED) is 0.705. The lowest BCUT2D eigenvalue weighted by Crippen LogP contribution is -2.53. The van der Waals surface area contributed by atoms with E-state index in [9.17, 15) is 9.18 Å². The highest BCUT2D eigenvalue weighted by atomic mass is 19.1. The number of carbonyl (C=O) groups excluding carboxylic acids is 1. The van der Waals surface area contributed by atoms with Gasteiger partial charge in [0.05, 0.1) is 18.4 Å². The van der Waals surface area contributed by atoms with Gasteiger partial charge in [0.1, 0.15) is 5.82 Å². The summed E-state index contributed by atoms with van der Waals surface area (Å²) in [4.78, 5) is 12.4. The third-order valence-corrected chi connectivity index (χ3v) is 5.50. The summed E-state index contributed by atoms with van der Waals surface area (Å²) in [5.41, 5.74) is 8.17. The Morgan fingerprint density at radius 1 is 1.46 bits per heavy atom. The number of halogens is 1. The summed E-state index contributed by atoms with van der Waals surface area (Å²) in [5, 5.41) is 10.3. The number of amides is 1. The van der Waals surface area contributed by atoms with Crippen LogP contribution in [0.2, 0.25) is 0 Å². The standard InChI is InChI=1S/C19H24FN5O/c1-25-10-14(9-22-25)11-2-3-12(16(20)7-11)8-17(21)24-19(26)18-13-4-5-15(6-13)23-18/h2-3,7,9-10,13,15,17-18,23H,4-6,8,21H2,1H3,(H,24,26). The molecule has 2 aromatic rings. The van der Waals surface area contributed by atoms with Crippen molar-refractivity contribution < 1.29 is 9.18 Å². The Morgan fingerprint density at radius 3 is 2.92 bits per heavy atom. The normalized spacial score (nSPS) is 25.4. The summed E-state index contributed by atoms with van der Waals surface area (Å²) in [7, 11) is 1.82. The van der Waals surface area contributed by atoms with Gasteiger partial charge in [-0.05, 0) is 42.4 Å². The smallest absolute Gasteiger partial charge is 0.238 e. The Balaban J connectivity index is 1.38. The van der Waals surface area contributed by atoms with Crippen molar-refractivity contribution in [2.45, 2.75) is 43.9 Å². The molecule has 1 saturated heterocycles. The third kappa shape index (κ3) is 3.37. The maximum atomic E-state index is 14.5. The SMILES string of the molecule is Cn1cc(-c2ccc(CC(N)NC(=O)C3NC4CCC3C4)c(F)c2)cn1. The summed E-state index contributed by atoms with van der Waals surface area (Å²) >= 11 is 0. The Morgan fingerprint density at radius 2 is 2.31 bits per heavy atom. The lowest BCUT2D eigenvalue weighted by molar-refractivity contribution is -0.124. The maximum Gasteiger partial charge on any atom is 0.238 e. The van der Waals surface area contributed by atoms with Gasteiger partial charge in [-0.15, -0.1) is 0 Å². The molecule has 7 heteroatoms. The van der Waals surface area contributed by atoms with Crippen LogP contribution in [-0.2, 0) is 18.3 Å². The molecular weight excluding hydrogens is 333 g/mol. The van der Waals surface area contributed by atoms with Crippen LogP contribution in [0.15, 0.2) is 30.6 Å². The molecule has 1 saturated carbocycles. The molecule has 1 amide bonds. The van der Waals surface area contributed by atoms with E-state index in [4.69, 9.17) is 5.73 Å². The number of rotatable bonds is 5. The highest BCUT2D eigenvalue weighted by Gasteiger charge is 2.42. The van der Waals surface area contributed by atoms with Crippen LogP contribution in [0, 0.1) is 11.7 Å². The second-order valence-electron chi connectivity index (χ2n) is 7.44. The molecule has 4 atom stereocenters. The minimum atomic E-state index is -0.609. The van der Waals surface area contributed by atoms with Crippen molar-refractivity contribution >= 4 is 5.91 Å². The fourth-order valence-electron chi connectivity index (χ4n) is 4.17. The van der Waals surface area contributed by atoms with E-state index in [-0.39, 0.29) is 24.2 Å². The maximum absolute atomic E-state index is 14.5. The summed E-state index contributed by atoms with van der Waals surface area (Å²) in [6, 6.07) is 5.36. The van der Waals surface area contributed by atoms with E-state index in [1.165, 1.54) is 6.07 Å². The molecular formula is C19H24FN5O. The zero-order chi connectivity index (χ0) is 18.3. The number of nitrogens with one attached hydrogen (secondary N) is 2. The lowest BCUT2D eigenvalue weighted by atomic mass is 9.99. The van der Waals surface area contributed by atoms with Gasteiger partial charge in [0, 0.05) is 31.3 Å². The predicted octanol–water partition coefficient (Wildman–Crippen LogP) is 1.31. The lowest BCUT2D eigenvalue weighted by Gasteiger charge is -2.24. The van der Waals surface area contributed by atoms with Crippen molar-refractivity contribution in [2.75, 3.05) is 0 Å². The van der Waals surface area contributed by atoms with Crippen LogP contribution in [0.25, 0.3) is 11.1 Å². The van der Waals surface area contributed by atoms with Gasteiger partial charge in [-0.1, -0.05) is 12.1 Å². The average molecular weight is 357 g/mol. The monoisotopic (exact) mass is 357 g/mol. The number of fused-ring (bicyclic) bond motifs is 2. The van der Waals surface area contributed by atoms with Gasteiger partial charge >= 0.3 is 0 Å². The van der Waals surface area contributed by atoms with Gasteiger partial charge in [-0.25, -0.2) is 4.39 Å². The zero-order valence-electron chi connectivity index (χ0n) is 14.8. The average Bonchev–Trinajstić information content (AvgIpc) is 3.33. The van der Waals surface area contributed by atoms with E-state index < -0.39 is 6.17 Å². The molecule has 4 N–H and O–H groups in total. The molecule has 2 fully saturated rings. The number of hydrogen-bond acceptors (Lipinski definition) is 4. The first-order valence-corrected chi connectivity index (χ1v) is 9.09. The van der Waals surface area contributed by atoms with Crippen molar-refractivity contribution in [3.8, 4) is 11.1 Å². The predicted molar refractivity (Wildman–Crippen MR) is 96.5 cm³/mol. The summed E-state index contributed by atoms with van der Waals surface area (Å²) in [6.07, 6.45) is 6.49. The number of piperidine rings is 1. The fraction of sp³-hybridized carbons (Fsp3) is 0.474. The number of aryl methyl sites for hydroxylation is 1. The molecule has 6 nitrogen and oxygen atoms in total. The topological polar surface area (TPSA) is 85.0 Å². The zero-order valence-corrected chi connectivity index (χ0v) is 14.8. The highest BCUT2D eigenvalue weighted by Crippen LogP contribution is 2.35. The van der Waals surface area contributed by atoms with Crippen molar-refractivity contribution in [1.82, 2.24) is 20.4 Å². The first-order chi connectivity index (χ1) is 12.5. The number of hydrogen-bond donors (Lipinski definition) is 3. The van der Waals surface area contributed by atoms with Crippen LogP contribution >= 0.6 is 0 Å². The minimum Gasteiger partial charge on any atom is -0.339 e. The van der Waals surface area contributed by atoms with Crippen LogP contribution in [0.3, 0.4) is 0 Å². The molecule has 2 heterocycles. The number of nitrogens with two attached hydrogens (primary N) is 1. The summed E-state index contributed by atoms with van der Waals surface area (Å²) in [5.74, 6) is 0.00823. The molecule has 26 heavy (non-hydrogen) atoms. The van der Waals surface area contributed by atoms with Gasteiger partial charge in [0.15, 0.2) is 0 Å². The number of nitrogens with zero attached hydrogens (tertiary/aromatic N) is 2. The first kappa shape index (κ1) is 17.2. The van der Waals surface area contributed by atoms with Crippen LogP contribution in [0.5, 0.6) is 0 Å². The highest BCUT2D eigenvalue weighted by molar-refractivity contribution is 5.83. The molecule has 2 bridgehead atoms. The van der Waals surface area contributed by atoms with Crippen molar-refractivity contribution in [3.05, 3.63) is 42.0 Å². The molecule has 0 spiro atoms. The second kappa shape index (κ2) is 6.81. The number of benzene rings is 1. The van der Waals surface area contributed by atoms with Gasteiger partial charge in [0.25, 0.3) is 0 Å². The Labute approximate surface area is 152 Å². The van der Waals surface area contributed by atoms with Crippen LogP contribution in [-0.4, -0.2) is 33.9 Å². The largest absolute Gasteiger partial charge is 0.339 e. The van der Waals surface area contributed by atoms with E-state index in [1.54, 1.807) is 16.9 Å². The fourth-order valence-corrected chi connectivity index (χ4v) is 4.17. The summed E-state index contributed by atoms with van der Waals surface area (Å²) < 4.78 is 16.1. The van der Waals surface area contributed by atoms with Crippen molar-refractivity contribution in [2.24, 2.45) is 18.7 Å². The molecule has 138 valence electrons. The molecule has 2 aliphatic rings. The Kier molecular flexibility index (Phi) is 4.50. The van der Waals surface area contributed by atoms with Crippen LogP contribution < -0.4 is 16.4 Å². The van der Waals surface area contributed by atoms with Crippen LogP contribution in [0.1, 0.15) is 24.8 Å². The third-order valence-electron chi connectivity index (χ3n) is 5.50. The van der Waals surface area contributed by atoms with Gasteiger partial charge in [-0.3, -0.25) is 9.48 Å². The Bertz CT molecular complexity index is 820. The van der Waals surface area contributed by atoms with Crippen LogP contribution in [0.4, 0.5) is 4.39 Å². The summed E-state index contributed by atoms with van der Waals surface area (Å²) in [6.45, 7) is 0. The van der Waals surface area contributed by atoms with E-state index in [0.717, 1.165) is 30.4 Å². The molecule has 0 radical (unpaired) electrons. The van der Waals surface area contributed by atoms with E-state index >= 15 is 0 Å². The molecule has 1 aromatic heterocycles.